The lowest BCUT2D eigenvalue weighted by molar-refractivity contribution is 0.356. The van der Waals surface area contributed by atoms with Crippen LogP contribution in [0, 0.1) is 0 Å². The lowest BCUT2D eigenvalue weighted by Gasteiger charge is -2.13. The molecule has 1 heterocycles. The molecule has 0 atom stereocenters. The number of methoxy groups -OCH3 is 2. The topological polar surface area (TPSA) is 82.3 Å². The zero-order chi connectivity index (χ0) is 16.4. The van der Waals surface area contributed by atoms with Gasteiger partial charge in [-0.05, 0) is 18.2 Å². The van der Waals surface area contributed by atoms with Crippen LogP contribution >= 0.6 is 0 Å². The van der Waals surface area contributed by atoms with Gasteiger partial charge < -0.3 is 20.5 Å². The minimum Gasteiger partial charge on any atom is -0.493 e. The Bertz CT molecular complexity index is 865. The SMILES string of the molecule is CNc1nc(-c2cccc(N)c2)c2cc(OC)c(OC)cc2n1. The molecule has 6 heteroatoms. The third-order valence-corrected chi connectivity index (χ3v) is 3.58. The fourth-order valence-corrected chi connectivity index (χ4v) is 2.47. The Labute approximate surface area is 134 Å². The number of ether oxygens (including phenoxy) is 2. The fourth-order valence-electron chi connectivity index (χ4n) is 2.47. The highest BCUT2D eigenvalue weighted by atomic mass is 16.5. The first-order valence-electron chi connectivity index (χ1n) is 7.13. The molecule has 0 spiro atoms. The maximum absolute atomic E-state index is 5.91. The molecule has 118 valence electrons. The quantitative estimate of drug-likeness (QED) is 0.721. The van der Waals surface area contributed by atoms with E-state index in [1.807, 2.05) is 36.4 Å². The van der Waals surface area contributed by atoms with E-state index < -0.39 is 0 Å². The second kappa shape index (κ2) is 6.00. The van der Waals surface area contributed by atoms with Crippen LogP contribution in [0.3, 0.4) is 0 Å². The highest BCUT2D eigenvalue weighted by Crippen LogP contribution is 2.36. The van der Waals surface area contributed by atoms with E-state index >= 15 is 0 Å². The Morgan fingerprint density at radius 1 is 1.00 bits per heavy atom. The monoisotopic (exact) mass is 310 g/mol. The Morgan fingerprint density at radius 3 is 2.39 bits per heavy atom. The molecule has 0 amide bonds. The first-order chi connectivity index (χ1) is 11.2. The maximum atomic E-state index is 5.91. The molecule has 0 unspecified atom stereocenters. The molecule has 23 heavy (non-hydrogen) atoms. The predicted molar refractivity (Wildman–Crippen MR) is 92.0 cm³/mol. The number of nitrogens with two attached hydrogens (primary N) is 1. The molecule has 1 aromatic heterocycles. The summed E-state index contributed by atoms with van der Waals surface area (Å²) in [5, 5.41) is 3.85. The van der Waals surface area contributed by atoms with Gasteiger partial charge in [0, 0.05) is 29.8 Å². The number of nitrogen functional groups attached to an aromatic ring is 1. The van der Waals surface area contributed by atoms with E-state index in [0.29, 0.717) is 23.1 Å². The van der Waals surface area contributed by atoms with E-state index in [4.69, 9.17) is 15.2 Å². The van der Waals surface area contributed by atoms with Crippen molar-refractivity contribution in [1.82, 2.24) is 9.97 Å². The second-order valence-corrected chi connectivity index (χ2v) is 5.00. The first kappa shape index (κ1) is 14.9. The van der Waals surface area contributed by atoms with E-state index in [1.165, 1.54) is 0 Å². The van der Waals surface area contributed by atoms with Crippen molar-refractivity contribution in [3.05, 3.63) is 36.4 Å². The molecule has 0 aliphatic carbocycles. The number of aromatic nitrogens is 2. The number of hydrogen-bond donors (Lipinski definition) is 2. The van der Waals surface area contributed by atoms with Crippen LogP contribution in [0.4, 0.5) is 11.6 Å². The summed E-state index contributed by atoms with van der Waals surface area (Å²) in [6.45, 7) is 0. The molecular weight excluding hydrogens is 292 g/mol. The van der Waals surface area contributed by atoms with E-state index in [2.05, 4.69) is 15.3 Å². The van der Waals surface area contributed by atoms with Crippen molar-refractivity contribution < 1.29 is 9.47 Å². The van der Waals surface area contributed by atoms with Crippen LogP contribution in [0.25, 0.3) is 22.2 Å². The summed E-state index contributed by atoms with van der Waals surface area (Å²) in [5.74, 6) is 1.78. The smallest absolute Gasteiger partial charge is 0.223 e. The van der Waals surface area contributed by atoms with Gasteiger partial charge in [-0.3, -0.25) is 0 Å². The van der Waals surface area contributed by atoms with Gasteiger partial charge in [0.25, 0.3) is 0 Å². The molecule has 0 bridgehead atoms. The van der Waals surface area contributed by atoms with E-state index in [9.17, 15) is 0 Å². The van der Waals surface area contributed by atoms with Gasteiger partial charge in [0.2, 0.25) is 5.95 Å². The molecule has 0 fully saturated rings. The van der Waals surface area contributed by atoms with Crippen LogP contribution < -0.4 is 20.5 Å². The summed E-state index contributed by atoms with van der Waals surface area (Å²) < 4.78 is 10.8. The average molecular weight is 310 g/mol. The lowest BCUT2D eigenvalue weighted by atomic mass is 10.1. The van der Waals surface area contributed by atoms with Gasteiger partial charge in [-0.1, -0.05) is 12.1 Å². The summed E-state index contributed by atoms with van der Waals surface area (Å²) in [4.78, 5) is 9.08. The van der Waals surface area contributed by atoms with Crippen molar-refractivity contribution in [2.45, 2.75) is 0 Å². The van der Waals surface area contributed by atoms with Crippen molar-refractivity contribution >= 4 is 22.5 Å². The van der Waals surface area contributed by atoms with Crippen LogP contribution in [-0.4, -0.2) is 31.2 Å². The zero-order valence-corrected chi connectivity index (χ0v) is 13.3. The fraction of sp³-hybridized carbons (Fsp3) is 0.176. The Balaban J connectivity index is 2.34. The van der Waals surface area contributed by atoms with Gasteiger partial charge in [-0.25, -0.2) is 9.97 Å². The molecule has 3 aromatic rings. The van der Waals surface area contributed by atoms with Gasteiger partial charge in [0.1, 0.15) is 0 Å². The summed E-state index contributed by atoms with van der Waals surface area (Å²) in [5.41, 5.74) is 9.06. The van der Waals surface area contributed by atoms with Gasteiger partial charge in [0.05, 0.1) is 25.4 Å². The number of benzene rings is 2. The summed E-state index contributed by atoms with van der Waals surface area (Å²) in [7, 11) is 4.99. The highest BCUT2D eigenvalue weighted by Gasteiger charge is 2.14. The van der Waals surface area contributed by atoms with Crippen molar-refractivity contribution in [3.8, 4) is 22.8 Å². The summed E-state index contributed by atoms with van der Waals surface area (Å²) in [6.07, 6.45) is 0. The van der Waals surface area contributed by atoms with Crippen molar-refractivity contribution in [2.24, 2.45) is 0 Å². The van der Waals surface area contributed by atoms with Crippen molar-refractivity contribution in [1.29, 1.82) is 0 Å². The lowest BCUT2D eigenvalue weighted by Crippen LogP contribution is -2.00. The van der Waals surface area contributed by atoms with Crippen LogP contribution in [0.15, 0.2) is 36.4 Å². The molecule has 6 nitrogen and oxygen atoms in total. The molecule has 3 rings (SSSR count). The van der Waals surface area contributed by atoms with Gasteiger partial charge in [-0.15, -0.1) is 0 Å². The molecule has 0 radical (unpaired) electrons. The third kappa shape index (κ3) is 2.70. The molecule has 0 aliphatic rings. The number of nitrogens with zero attached hydrogens (tertiary/aromatic N) is 2. The zero-order valence-electron chi connectivity index (χ0n) is 13.3. The Hall–Kier alpha value is -3.02. The number of rotatable bonds is 4. The first-order valence-corrected chi connectivity index (χ1v) is 7.13. The van der Waals surface area contributed by atoms with Gasteiger partial charge in [0.15, 0.2) is 11.5 Å². The highest BCUT2D eigenvalue weighted by molar-refractivity contribution is 5.95. The number of fused-ring (bicyclic) bond motifs is 1. The van der Waals surface area contributed by atoms with Crippen LogP contribution in [-0.2, 0) is 0 Å². The van der Waals surface area contributed by atoms with E-state index in [1.54, 1.807) is 21.3 Å². The Kier molecular flexibility index (Phi) is 3.89. The minimum atomic E-state index is 0.530. The molecule has 3 N–H and O–H groups in total. The molecule has 0 saturated carbocycles. The molecular formula is C17H18N4O2. The average Bonchev–Trinajstić information content (AvgIpc) is 2.59. The van der Waals surface area contributed by atoms with Gasteiger partial charge >= 0.3 is 0 Å². The third-order valence-electron chi connectivity index (χ3n) is 3.58. The van der Waals surface area contributed by atoms with Gasteiger partial charge in [-0.2, -0.15) is 0 Å². The Morgan fingerprint density at radius 2 is 1.74 bits per heavy atom. The van der Waals surface area contributed by atoms with Crippen LogP contribution in [0.2, 0.25) is 0 Å². The van der Waals surface area contributed by atoms with Crippen LogP contribution in [0.1, 0.15) is 0 Å². The maximum Gasteiger partial charge on any atom is 0.223 e. The normalized spacial score (nSPS) is 10.6. The predicted octanol–water partition coefficient (Wildman–Crippen LogP) is 2.94. The van der Waals surface area contributed by atoms with E-state index in [0.717, 1.165) is 22.2 Å². The molecule has 2 aromatic carbocycles. The standard InChI is InChI=1S/C17H18N4O2/c1-19-17-20-13-9-15(23-3)14(22-2)8-12(13)16(21-17)10-5-4-6-11(18)7-10/h4-9H,18H2,1-3H3,(H,19,20,21). The minimum absolute atomic E-state index is 0.530. The van der Waals surface area contributed by atoms with Crippen molar-refractivity contribution in [3.63, 3.8) is 0 Å². The summed E-state index contributed by atoms with van der Waals surface area (Å²) >= 11 is 0. The molecule has 0 aliphatic heterocycles. The molecule has 0 saturated heterocycles. The van der Waals surface area contributed by atoms with E-state index in [-0.39, 0.29) is 0 Å². The van der Waals surface area contributed by atoms with Crippen LogP contribution in [0.5, 0.6) is 11.5 Å². The van der Waals surface area contributed by atoms with Crippen molar-refractivity contribution in [2.75, 3.05) is 32.3 Å². The second-order valence-electron chi connectivity index (χ2n) is 5.00. The number of nitrogens with one attached hydrogen (secondary N) is 1. The summed E-state index contributed by atoms with van der Waals surface area (Å²) in [6, 6.07) is 11.3. The number of hydrogen-bond acceptors (Lipinski definition) is 6. The number of anilines is 2. The largest absolute Gasteiger partial charge is 0.493 e.